The molecule has 0 bridgehead atoms. The van der Waals surface area contributed by atoms with Gasteiger partial charge in [-0.25, -0.2) is 13.1 Å². The second-order valence-electron chi connectivity index (χ2n) is 6.84. The molecule has 1 atom stereocenters. The van der Waals surface area contributed by atoms with Gasteiger partial charge in [0.05, 0.1) is 34.5 Å². The maximum Gasteiger partial charge on any atom is 0.235 e. The summed E-state index contributed by atoms with van der Waals surface area (Å²) in [7, 11) is -3.03. The quantitative estimate of drug-likeness (QED) is 0.643. The van der Waals surface area contributed by atoms with E-state index in [1.165, 1.54) is 11.8 Å². The summed E-state index contributed by atoms with van der Waals surface area (Å²) in [5.74, 6) is 0.850. The van der Waals surface area contributed by atoms with Crippen molar-refractivity contribution in [2.45, 2.75) is 24.3 Å². The Bertz CT molecular complexity index is 1140. The number of hydrogen-bond donors (Lipinski definition) is 1. The van der Waals surface area contributed by atoms with E-state index in [-0.39, 0.29) is 29.2 Å². The zero-order chi connectivity index (χ0) is 19.7. The molecule has 0 spiro atoms. The Morgan fingerprint density at radius 2 is 2.14 bits per heavy atom. The van der Waals surface area contributed by atoms with E-state index in [9.17, 15) is 13.2 Å². The number of pyridine rings is 1. The maximum absolute atomic E-state index is 12.5. The highest BCUT2D eigenvalue weighted by Gasteiger charge is 2.31. The van der Waals surface area contributed by atoms with Crippen LogP contribution in [0.25, 0.3) is 10.9 Å². The standard InChI is InChI=1S/C19H20N4O3S2/c1-13-10-18(23(22-13)14-7-9-28(25,26)12-14)21-19(24)11-27-17-6-8-20-16-5-3-2-4-15(16)17/h2-6,8,10,14H,7,9,11-12H2,1H3,(H,21,24). The lowest BCUT2D eigenvalue weighted by Gasteiger charge is -2.14. The number of hydrogen-bond acceptors (Lipinski definition) is 6. The molecule has 0 saturated carbocycles. The van der Waals surface area contributed by atoms with Crippen LogP contribution in [-0.4, -0.2) is 46.3 Å². The summed E-state index contributed by atoms with van der Waals surface area (Å²) < 4.78 is 25.2. The third-order valence-corrected chi connectivity index (χ3v) is 7.47. The minimum atomic E-state index is -3.03. The zero-order valence-electron chi connectivity index (χ0n) is 15.3. The molecular weight excluding hydrogens is 396 g/mol. The molecule has 1 saturated heterocycles. The van der Waals surface area contributed by atoms with Crippen LogP contribution in [-0.2, 0) is 14.6 Å². The van der Waals surface area contributed by atoms with Crippen LogP contribution in [0.5, 0.6) is 0 Å². The molecule has 7 nitrogen and oxygen atoms in total. The molecule has 0 aliphatic carbocycles. The number of para-hydroxylation sites is 1. The van der Waals surface area contributed by atoms with Crippen molar-refractivity contribution < 1.29 is 13.2 Å². The highest BCUT2D eigenvalue weighted by atomic mass is 32.2. The number of fused-ring (bicyclic) bond motifs is 1. The Labute approximate surface area is 167 Å². The third kappa shape index (κ3) is 4.05. The first-order valence-corrected chi connectivity index (χ1v) is 11.7. The van der Waals surface area contributed by atoms with Gasteiger partial charge in [0.1, 0.15) is 5.82 Å². The second-order valence-corrected chi connectivity index (χ2v) is 10.1. The zero-order valence-corrected chi connectivity index (χ0v) is 17.0. The Balaban J connectivity index is 1.46. The van der Waals surface area contributed by atoms with Gasteiger partial charge in [0.2, 0.25) is 5.91 Å². The predicted molar refractivity (Wildman–Crippen MR) is 110 cm³/mol. The minimum Gasteiger partial charge on any atom is -0.310 e. The van der Waals surface area contributed by atoms with Crippen LogP contribution in [0.4, 0.5) is 5.82 Å². The van der Waals surface area contributed by atoms with Crippen LogP contribution in [0.1, 0.15) is 18.2 Å². The molecular formula is C19H20N4O3S2. The van der Waals surface area contributed by atoms with Crippen molar-refractivity contribution in [2.24, 2.45) is 0 Å². The van der Waals surface area contributed by atoms with Crippen molar-refractivity contribution in [3.8, 4) is 0 Å². The van der Waals surface area contributed by atoms with Gasteiger partial charge in [-0.3, -0.25) is 9.78 Å². The Morgan fingerprint density at radius 3 is 2.93 bits per heavy atom. The van der Waals surface area contributed by atoms with E-state index in [0.29, 0.717) is 12.2 Å². The number of carbonyl (C=O) groups is 1. The van der Waals surface area contributed by atoms with Crippen LogP contribution in [0.15, 0.2) is 47.5 Å². The Morgan fingerprint density at radius 1 is 1.32 bits per heavy atom. The summed E-state index contributed by atoms with van der Waals surface area (Å²) in [6, 6.07) is 11.3. The van der Waals surface area contributed by atoms with Gasteiger partial charge in [-0.15, -0.1) is 11.8 Å². The normalized spacial score (nSPS) is 18.4. The van der Waals surface area contributed by atoms with E-state index in [1.807, 2.05) is 37.3 Å². The largest absolute Gasteiger partial charge is 0.310 e. The van der Waals surface area contributed by atoms with Gasteiger partial charge in [0.25, 0.3) is 0 Å². The fourth-order valence-electron chi connectivity index (χ4n) is 3.37. The van der Waals surface area contributed by atoms with Crippen molar-refractivity contribution in [2.75, 3.05) is 22.6 Å². The van der Waals surface area contributed by atoms with E-state index in [1.54, 1.807) is 16.9 Å². The molecule has 1 N–H and O–H groups in total. The van der Waals surface area contributed by atoms with E-state index in [2.05, 4.69) is 15.4 Å². The van der Waals surface area contributed by atoms with Crippen molar-refractivity contribution in [1.29, 1.82) is 0 Å². The fraction of sp³-hybridized carbons (Fsp3) is 0.316. The smallest absolute Gasteiger partial charge is 0.235 e. The number of aryl methyl sites for hydroxylation is 1. The van der Waals surface area contributed by atoms with Crippen LogP contribution in [0.2, 0.25) is 0 Å². The van der Waals surface area contributed by atoms with Gasteiger partial charge in [0, 0.05) is 22.5 Å². The van der Waals surface area contributed by atoms with E-state index >= 15 is 0 Å². The number of anilines is 1. The summed E-state index contributed by atoms with van der Waals surface area (Å²) >= 11 is 1.44. The van der Waals surface area contributed by atoms with E-state index < -0.39 is 9.84 Å². The predicted octanol–water partition coefficient (Wildman–Crippen LogP) is 2.83. The van der Waals surface area contributed by atoms with Crippen molar-refractivity contribution in [3.63, 3.8) is 0 Å². The summed E-state index contributed by atoms with van der Waals surface area (Å²) in [5.41, 5.74) is 1.64. The first-order chi connectivity index (χ1) is 13.4. The lowest BCUT2D eigenvalue weighted by molar-refractivity contribution is -0.113. The van der Waals surface area contributed by atoms with Gasteiger partial charge in [-0.1, -0.05) is 18.2 Å². The number of amides is 1. The molecule has 28 heavy (non-hydrogen) atoms. The molecule has 0 radical (unpaired) electrons. The van der Waals surface area contributed by atoms with Crippen LogP contribution in [0, 0.1) is 6.92 Å². The van der Waals surface area contributed by atoms with Gasteiger partial charge >= 0.3 is 0 Å². The molecule has 1 fully saturated rings. The Kier molecular flexibility index (Phi) is 5.11. The second kappa shape index (κ2) is 7.56. The average molecular weight is 417 g/mol. The molecule has 1 aliphatic heterocycles. The molecule has 1 aliphatic rings. The van der Waals surface area contributed by atoms with Crippen LogP contribution < -0.4 is 5.32 Å². The first kappa shape index (κ1) is 18.9. The molecule has 9 heteroatoms. The summed E-state index contributed by atoms with van der Waals surface area (Å²) in [6.45, 7) is 1.83. The summed E-state index contributed by atoms with van der Waals surface area (Å²) in [6.07, 6.45) is 2.26. The number of sulfone groups is 1. The SMILES string of the molecule is Cc1cc(NC(=O)CSc2ccnc3ccccc23)n(C2CCS(=O)(=O)C2)n1. The van der Waals surface area contributed by atoms with E-state index in [0.717, 1.165) is 21.5 Å². The minimum absolute atomic E-state index is 0.0642. The molecule has 1 unspecified atom stereocenters. The molecule has 2 aromatic heterocycles. The lowest BCUT2D eigenvalue weighted by atomic mass is 10.2. The number of carbonyl (C=O) groups excluding carboxylic acids is 1. The summed E-state index contributed by atoms with van der Waals surface area (Å²) in [4.78, 5) is 17.8. The molecule has 146 valence electrons. The number of nitrogens with zero attached hydrogens (tertiary/aromatic N) is 3. The number of rotatable bonds is 5. The fourth-order valence-corrected chi connectivity index (χ4v) is 5.91. The van der Waals surface area contributed by atoms with Crippen molar-refractivity contribution in [3.05, 3.63) is 48.3 Å². The van der Waals surface area contributed by atoms with Crippen molar-refractivity contribution >= 4 is 44.2 Å². The number of thioether (sulfide) groups is 1. The van der Waals surface area contributed by atoms with Gasteiger partial charge in [-0.2, -0.15) is 5.10 Å². The maximum atomic E-state index is 12.5. The lowest BCUT2D eigenvalue weighted by Crippen LogP contribution is -2.20. The Hall–Kier alpha value is -2.39. The topological polar surface area (TPSA) is 94.0 Å². The first-order valence-electron chi connectivity index (χ1n) is 8.94. The van der Waals surface area contributed by atoms with Crippen LogP contribution >= 0.6 is 11.8 Å². The number of benzene rings is 1. The third-order valence-electron chi connectivity index (χ3n) is 4.65. The molecule has 3 heterocycles. The highest BCUT2D eigenvalue weighted by Crippen LogP contribution is 2.28. The van der Waals surface area contributed by atoms with Crippen LogP contribution in [0.3, 0.4) is 0 Å². The molecule has 1 aromatic carbocycles. The van der Waals surface area contributed by atoms with Gasteiger partial charge in [0.15, 0.2) is 9.84 Å². The average Bonchev–Trinajstić information content (AvgIpc) is 3.21. The van der Waals surface area contributed by atoms with Gasteiger partial charge < -0.3 is 5.32 Å². The molecule has 1 amide bonds. The molecule has 4 rings (SSSR count). The van der Waals surface area contributed by atoms with Gasteiger partial charge in [-0.05, 0) is 25.5 Å². The number of aromatic nitrogens is 3. The molecule has 3 aromatic rings. The van der Waals surface area contributed by atoms with E-state index in [4.69, 9.17) is 0 Å². The monoisotopic (exact) mass is 416 g/mol. The number of nitrogens with one attached hydrogen (secondary N) is 1. The van der Waals surface area contributed by atoms with Crippen molar-refractivity contribution in [1.82, 2.24) is 14.8 Å². The highest BCUT2D eigenvalue weighted by molar-refractivity contribution is 8.00. The summed E-state index contributed by atoms with van der Waals surface area (Å²) in [5, 5.41) is 8.29.